The number of nitrogens with two attached hydrogens (primary N) is 2. The highest BCUT2D eigenvalue weighted by Crippen LogP contribution is 2.40. The zero-order valence-electron chi connectivity index (χ0n) is 14.5. The Labute approximate surface area is 143 Å². The maximum atomic E-state index is 6.31. The van der Waals surface area contributed by atoms with Crippen LogP contribution in [0.4, 0.5) is 5.82 Å². The number of benzene rings is 1. The Hall–Kier alpha value is -2.27. The molecule has 0 bridgehead atoms. The summed E-state index contributed by atoms with van der Waals surface area (Å²) in [5, 5.41) is 0. The van der Waals surface area contributed by atoms with Gasteiger partial charge >= 0.3 is 0 Å². The molecular formula is C19H25N3O2. The summed E-state index contributed by atoms with van der Waals surface area (Å²) in [5.41, 5.74) is 14.9. The molecule has 128 valence electrons. The van der Waals surface area contributed by atoms with Crippen molar-refractivity contribution >= 4 is 5.82 Å². The second-order valence-electron chi connectivity index (χ2n) is 7.25. The monoisotopic (exact) mass is 327 g/mol. The lowest BCUT2D eigenvalue weighted by molar-refractivity contribution is 0.205. The van der Waals surface area contributed by atoms with Crippen LogP contribution in [-0.4, -0.2) is 17.1 Å². The molecule has 1 aliphatic rings. The Kier molecular flexibility index (Phi) is 4.37. The summed E-state index contributed by atoms with van der Waals surface area (Å²) >= 11 is 0. The molecule has 0 saturated carbocycles. The Balaban J connectivity index is 1.78. The first kappa shape index (κ1) is 16.6. The van der Waals surface area contributed by atoms with Crippen LogP contribution in [0.5, 0.6) is 11.5 Å². The van der Waals surface area contributed by atoms with Gasteiger partial charge in [-0.2, -0.15) is 0 Å². The Bertz CT molecular complexity index is 741. The van der Waals surface area contributed by atoms with Crippen molar-refractivity contribution in [2.45, 2.75) is 39.3 Å². The van der Waals surface area contributed by atoms with Gasteiger partial charge in [0.1, 0.15) is 30.5 Å². The third kappa shape index (κ3) is 3.62. The quantitative estimate of drug-likeness (QED) is 0.879. The van der Waals surface area contributed by atoms with Crippen molar-refractivity contribution in [3.8, 4) is 22.6 Å². The molecule has 5 nitrogen and oxygen atoms in total. The Morgan fingerprint density at radius 1 is 1.29 bits per heavy atom. The number of nitrogen functional groups attached to an aromatic ring is 1. The van der Waals surface area contributed by atoms with Crippen molar-refractivity contribution in [1.82, 2.24) is 4.98 Å². The summed E-state index contributed by atoms with van der Waals surface area (Å²) < 4.78 is 11.7. The number of hydrogen-bond acceptors (Lipinski definition) is 5. The largest absolute Gasteiger partial charge is 0.492 e. The van der Waals surface area contributed by atoms with Gasteiger partial charge in [0.15, 0.2) is 0 Å². The van der Waals surface area contributed by atoms with E-state index in [1.807, 2.05) is 31.2 Å². The summed E-state index contributed by atoms with van der Waals surface area (Å²) in [6, 6.07) is 7.74. The van der Waals surface area contributed by atoms with Crippen LogP contribution >= 0.6 is 0 Å². The number of ether oxygens (including phenoxy) is 2. The van der Waals surface area contributed by atoms with E-state index in [4.69, 9.17) is 20.9 Å². The number of fused-ring (bicyclic) bond motifs is 3. The van der Waals surface area contributed by atoms with Crippen molar-refractivity contribution in [3.05, 3.63) is 36.0 Å². The first-order valence-corrected chi connectivity index (χ1v) is 8.27. The van der Waals surface area contributed by atoms with Crippen LogP contribution in [0.1, 0.15) is 32.8 Å². The van der Waals surface area contributed by atoms with E-state index in [1.54, 1.807) is 6.20 Å². The number of aromatic nitrogens is 1. The van der Waals surface area contributed by atoms with Gasteiger partial charge in [-0.3, -0.25) is 0 Å². The molecule has 24 heavy (non-hydrogen) atoms. The SMILES string of the molecule is CC(C)C[C@](C)(N)COc1ccc2c(c1)OCc1cnc(N)cc1-2. The highest BCUT2D eigenvalue weighted by atomic mass is 16.5. The smallest absolute Gasteiger partial charge is 0.131 e. The number of pyridine rings is 1. The average Bonchev–Trinajstić information content (AvgIpc) is 2.51. The van der Waals surface area contributed by atoms with Gasteiger partial charge in [-0.05, 0) is 43.0 Å². The molecule has 2 aromatic rings. The van der Waals surface area contributed by atoms with Crippen LogP contribution in [-0.2, 0) is 6.61 Å². The van der Waals surface area contributed by atoms with Crippen molar-refractivity contribution in [2.24, 2.45) is 11.7 Å². The van der Waals surface area contributed by atoms with E-state index in [-0.39, 0.29) is 5.54 Å². The van der Waals surface area contributed by atoms with E-state index in [9.17, 15) is 0 Å². The van der Waals surface area contributed by atoms with E-state index in [1.165, 1.54) is 0 Å². The molecule has 0 fully saturated rings. The van der Waals surface area contributed by atoms with Crippen LogP contribution in [0.3, 0.4) is 0 Å². The average molecular weight is 327 g/mol. The first-order valence-electron chi connectivity index (χ1n) is 8.27. The summed E-state index contributed by atoms with van der Waals surface area (Å²) in [4.78, 5) is 4.12. The third-order valence-electron chi connectivity index (χ3n) is 4.08. The third-order valence-corrected chi connectivity index (χ3v) is 4.08. The van der Waals surface area contributed by atoms with Crippen molar-refractivity contribution in [1.29, 1.82) is 0 Å². The van der Waals surface area contributed by atoms with Gasteiger partial charge in [0.2, 0.25) is 0 Å². The molecule has 0 amide bonds. The van der Waals surface area contributed by atoms with Crippen LogP contribution in [0.2, 0.25) is 0 Å². The number of anilines is 1. The van der Waals surface area contributed by atoms with Crippen molar-refractivity contribution < 1.29 is 9.47 Å². The van der Waals surface area contributed by atoms with Crippen LogP contribution in [0.15, 0.2) is 30.5 Å². The van der Waals surface area contributed by atoms with E-state index < -0.39 is 0 Å². The summed E-state index contributed by atoms with van der Waals surface area (Å²) in [6.07, 6.45) is 2.68. The lowest BCUT2D eigenvalue weighted by Gasteiger charge is -2.27. The molecule has 0 unspecified atom stereocenters. The van der Waals surface area contributed by atoms with E-state index in [2.05, 4.69) is 18.8 Å². The van der Waals surface area contributed by atoms with Gasteiger partial charge < -0.3 is 20.9 Å². The minimum absolute atomic E-state index is 0.350. The van der Waals surface area contributed by atoms with Gasteiger partial charge in [-0.15, -0.1) is 0 Å². The molecule has 0 radical (unpaired) electrons. The number of rotatable bonds is 5. The number of nitrogens with zero attached hydrogens (tertiary/aromatic N) is 1. The van der Waals surface area contributed by atoms with Gasteiger partial charge in [0.25, 0.3) is 0 Å². The van der Waals surface area contributed by atoms with Gasteiger partial charge in [-0.25, -0.2) is 4.98 Å². The van der Waals surface area contributed by atoms with E-state index in [0.29, 0.717) is 24.9 Å². The Morgan fingerprint density at radius 3 is 2.83 bits per heavy atom. The molecule has 1 aromatic heterocycles. The molecule has 0 saturated heterocycles. The van der Waals surface area contributed by atoms with Crippen LogP contribution < -0.4 is 20.9 Å². The normalized spacial score (nSPS) is 15.2. The zero-order valence-corrected chi connectivity index (χ0v) is 14.5. The van der Waals surface area contributed by atoms with E-state index >= 15 is 0 Å². The molecule has 4 N–H and O–H groups in total. The van der Waals surface area contributed by atoms with Crippen LogP contribution in [0, 0.1) is 5.92 Å². The lowest BCUT2D eigenvalue weighted by atomic mass is 9.93. The maximum absolute atomic E-state index is 6.31. The summed E-state index contributed by atoms with van der Waals surface area (Å²) in [7, 11) is 0. The molecule has 2 heterocycles. The van der Waals surface area contributed by atoms with Gasteiger partial charge in [0.05, 0.1) is 0 Å². The molecule has 1 aliphatic heterocycles. The Morgan fingerprint density at radius 2 is 2.08 bits per heavy atom. The fourth-order valence-electron chi connectivity index (χ4n) is 3.20. The minimum atomic E-state index is -0.350. The fourth-order valence-corrected chi connectivity index (χ4v) is 3.20. The molecule has 1 atom stereocenters. The molecule has 3 rings (SSSR count). The van der Waals surface area contributed by atoms with Gasteiger partial charge in [-0.1, -0.05) is 13.8 Å². The number of hydrogen-bond donors (Lipinski definition) is 2. The lowest BCUT2D eigenvalue weighted by Crippen LogP contribution is -2.43. The van der Waals surface area contributed by atoms with Gasteiger partial charge in [0, 0.05) is 28.9 Å². The molecular weight excluding hydrogens is 302 g/mol. The standard InChI is InChI=1S/C19H25N3O2/c1-12(2)8-19(3,21)11-24-14-4-5-15-16-7-18(20)22-9-13(16)10-23-17(15)6-14/h4-7,9,12H,8,10-11,21H2,1-3H3,(H2,20,22)/t19-/m0/s1. The predicted octanol–water partition coefficient (Wildman–Crippen LogP) is 3.37. The summed E-state index contributed by atoms with van der Waals surface area (Å²) in [5.74, 6) is 2.60. The van der Waals surface area contributed by atoms with Crippen LogP contribution in [0.25, 0.3) is 11.1 Å². The topological polar surface area (TPSA) is 83.4 Å². The zero-order chi connectivity index (χ0) is 17.3. The molecule has 1 aromatic carbocycles. The molecule has 0 aliphatic carbocycles. The molecule has 5 heteroatoms. The highest BCUT2D eigenvalue weighted by Gasteiger charge is 2.22. The van der Waals surface area contributed by atoms with E-state index in [0.717, 1.165) is 34.6 Å². The maximum Gasteiger partial charge on any atom is 0.131 e. The molecule has 0 spiro atoms. The van der Waals surface area contributed by atoms with Crippen molar-refractivity contribution in [3.63, 3.8) is 0 Å². The fraction of sp³-hybridized carbons (Fsp3) is 0.421. The summed E-state index contributed by atoms with van der Waals surface area (Å²) in [6.45, 7) is 7.30. The first-order chi connectivity index (χ1) is 11.3. The predicted molar refractivity (Wildman–Crippen MR) is 96.0 cm³/mol. The second kappa shape index (κ2) is 6.32. The highest BCUT2D eigenvalue weighted by molar-refractivity contribution is 5.77. The second-order valence-corrected chi connectivity index (χ2v) is 7.25. The van der Waals surface area contributed by atoms with Crippen molar-refractivity contribution in [2.75, 3.05) is 12.3 Å². The minimum Gasteiger partial charge on any atom is -0.492 e.